The van der Waals surface area contributed by atoms with Gasteiger partial charge in [0.1, 0.15) is 6.67 Å². The zero-order chi connectivity index (χ0) is 14.5. The summed E-state index contributed by atoms with van der Waals surface area (Å²) in [4.78, 5) is 13.7. The van der Waals surface area contributed by atoms with E-state index in [2.05, 4.69) is 4.99 Å². The van der Waals surface area contributed by atoms with E-state index < -0.39 is 21.0 Å². The van der Waals surface area contributed by atoms with E-state index in [9.17, 15) is 18.5 Å². The minimum atomic E-state index is -3.69. The normalized spacial score (nSPS) is 12.4. The first-order valence-corrected chi connectivity index (χ1v) is 6.50. The first kappa shape index (κ1) is 14.9. The van der Waals surface area contributed by atoms with Crippen LogP contribution in [0, 0.1) is 10.1 Å². The van der Waals surface area contributed by atoms with Gasteiger partial charge in [-0.3, -0.25) is 0 Å². The van der Waals surface area contributed by atoms with Crippen LogP contribution >= 0.6 is 0 Å². The fourth-order valence-electron chi connectivity index (χ4n) is 1.15. The predicted octanol–water partition coefficient (Wildman–Crippen LogP) is -0.639. The van der Waals surface area contributed by atoms with E-state index in [-0.39, 0.29) is 11.6 Å². The lowest BCUT2D eigenvalue weighted by molar-refractivity contribution is -0.525. The SMILES string of the molecule is CN(C/N=C(/N)N[N+](=O)[O-])S(=O)(=O)c1ccccc1. The van der Waals surface area contributed by atoms with E-state index in [0.717, 1.165) is 4.31 Å². The molecule has 0 saturated heterocycles. The van der Waals surface area contributed by atoms with Crippen LogP contribution in [-0.2, 0) is 10.0 Å². The van der Waals surface area contributed by atoms with Gasteiger partial charge in [0.25, 0.3) is 5.96 Å². The molecule has 0 aliphatic carbocycles. The molecule has 0 radical (unpaired) electrons. The second-order valence-electron chi connectivity index (χ2n) is 3.47. The number of nitrogens with one attached hydrogen (secondary N) is 1. The molecule has 0 saturated carbocycles. The van der Waals surface area contributed by atoms with Crippen LogP contribution in [0.15, 0.2) is 40.2 Å². The van der Waals surface area contributed by atoms with Crippen LogP contribution in [-0.4, -0.2) is 37.4 Å². The van der Waals surface area contributed by atoms with Gasteiger partial charge in [-0.2, -0.15) is 4.31 Å². The molecule has 1 rings (SSSR count). The number of aliphatic imine (C=N–C) groups is 1. The van der Waals surface area contributed by atoms with Crippen molar-refractivity contribution < 1.29 is 13.5 Å². The van der Waals surface area contributed by atoms with Crippen LogP contribution in [0.5, 0.6) is 0 Å². The van der Waals surface area contributed by atoms with E-state index in [0.29, 0.717) is 0 Å². The van der Waals surface area contributed by atoms with Crippen molar-refractivity contribution >= 4 is 16.0 Å². The number of rotatable bonds is 5. The summed E-state index contributed by atoms with van der Waals surface area (Å²) in [5.41, 5.74) is 6.80. The largest absolute Gasteiger partial charge is 0.365 e. The maximum Gasteiger partial charge on any atom is 0.252 e. The molecule has 0 aliphatic heterocycles. The highest BCUT2D eigenvalue weighted by Gasteiger charge is 2.19. The molecule has 0 heterocycles. The van der Waals surface area contributed by atoms with E-state index in [1.54, 1.807) is 23.6 Å². The molecule has 0 unspecified atom stereocenters. The number of sulfonamides is 1. The highest BCUT2D eigenvalue weighted by molar-refractivity contribution is 7.89. The topological polar surface area (TPSA) is 131 Å². The Morgan fingerprint density at radius 3 is 2.58 bits per heavy atom. The third-order valence-electron chi connectivity index (χ3n) is 2.10. The van der Waals surface area contributed by atoms with Crippen molar-refractivity contribution in [2.75, 3.05) is 13.7 Å². The molecule has 0 bridgehead atoms. The lowest BCUT2D eigenvalue weighted by atomic mass is 10.4. The van der Waals surface area contributed by atoms with Crippen LogP contribution < -0.4 is 11.2 Å². The second-order valence-corrected chi connectivity index (χ2v) is 5.51. The average molecular weight is 287 g/mol. The van der Waals surface area contributed by atoms with Gasteiger partial charge in [0.2, 0.25) is 10.0 Å². The zero-order valence-electron chi connectivity index (χ0n) is 10.1. The highest BCUT2D eigenvalue weighted by atomic mass is 32.2. The molecule has 19 heavy (non-hydrogen) atoms. The highest BCUT2D eigenvalue weighted by Crippen LogP contribution is 2.12. The summed E-state index contributed by atoms with van der Waals surface area (Å²) in [6.45, 7) is -0.329. The molecule has 3 N–H and O–H groups in total. The van der Waals surface area contributed by atoms with Gasteiger partial charge in [0, 0.05) is 7.05 Å². The summed E-state index contributed by atoms with van der Waals surface area (Å²) >= 11 is 0. The van der Waals surface area contributed by atoms with Crippen LogP contribution in [0.4, 0.5) is 0 Å². The van der Waals surface area contributed by atoms with Gasteiger partial charge >= 0.3 is 0 Å². The van der Waals surface area contributed by atoms with Crippen molar-refractivity contribution in [3.05, 3.63) is 40.4 Å². The van der Waals surface area contributed by atoms with E-state index in [1.807, 2.05) is 0 Å². The lowest BCUT2D eigenvalue weighted by Crippen LogP contribution is -2.37. The first-order chi connectivity index (χ1) is 8.84. The smallest absolute Gasteiger partial charge is 0.252 e. The molecule has 104 valence electrons. The van der Waals surface area contributed by atoms with Crippen molar-refractivity contribution in [1.82, 2.24) is 9.73 Å². The fraction of sp³-hybridized carbons (Fsp3) is 0.222. The Morgan fingerprint density at radius 2 is 2.05 bits per heavy atom. The van der Waals surface area contributed by atoms with Crippen molar-refractivity contribution in [3.8, 4) is 0 Å². The number of nitro groups is 1. The van der Waals surface area contributed by atoms with Crippen molar-refractivity contribution in [2.24, 2.45) is 10.7 Å². The molecule has 0 aromatic heterocycles. The summed E-state index contributed by atoms with van der Waals surface area (Å²) in [6.07, 6.45) is 0. The number of hydrogen-bond donors (Lipinski definition) is 2. The maximum atomic E-state index is 12.0. The monoisotopic (exact) mass is 287 g/mol. The molecule has 0 spiro atoms. The number of hydrogen-bond acceptors (Lipinski definition) is 5. The Balaban J connectivity index is 2.78. The Bertz CT molecular complexity index is 572. The van der Waals surface area contributed by atoms with Gasteiger partial charge in [-0.1, -0.05) is 23.6 Å². The number of nitrogens with two attached hydrogens (primary N) is 1. The zero-order valence-corrected chi connectivity index (χ0v) is 10.9. The second kappa shape index (κ2) is 6.11. The quantitative estimate of drug-likeness (QED) is 0.320. The number of nitrogens with zero attached hydrogens (tertiary/aromatic N) is 3. The average Bonchev–Trinajstić information content (AvgIpc) is 2.36. The number of benzene rings is 1. The van der Waals surface area contributed by atoms with Crippen molar-refractivity contribution in [2.45, 2.75) is 4.90 Å². The summed E-state index contributed by atoms with van der Waals surface area (Å²) in [5, 5.41) is 9.19. The van der Waals surface area contributed by atoms with Crippen LogP contribution in [0.2, 0.25) is 0 Å². The Kier molecular flexibility index (Phi) is 4.78. The summed E-state index contributed by atoms with van der Waals surface area (Å²) in [6, 6.07) is 7.75. The summed E-state index contributed by atoms with van der Waals surface area (Å²) < 4.78 is 25.0. The van der Waals surface area contributed by atoms with Crippen molar-refractivity contribution in [1.29, 1.82) is 0 Å². The minimum Gasteiger partial charge on any atom is -0.365 e. The number of guanidine groups is 1. The molecule has 0 amide bonds. The molecular weight excluding hydrogens is 274 g/mol. The Hall–Kier alpha value is -2.20. The van der Waals surface area contributed by atoms with Crippen LogP contribution in [0.3, 0.4) is 0 Å². The molecular formula is C9H13N5O4S. The minimum absolute atomic E-state index is 0.105. The van der Waals surface area contributed by atoms with E-state index >= 15 is 0 Å². The third-order valence-corrected chi connectivity index (χ3v) is 3.90. The van der Waals surface area contributed by atoms with Crippen molar-refractivity contribution in [3.63, 3.8) is 0 Å². The number of hydrazine groups is 1. The van der Waals surface area contributed by atoms with Gasteiger partial charge in [-0.05, 0) is 12.1 Å². The molecule has 9 nitrogen and oxygen atoms in total. The van der Waals surface area contributed by atoms with Gasteiger partial charge in [0.05, 0.1) is 4.90 Å². The van der Waals surface area contributed by atoms with Crippen LogP contribution in [0.1, 0.15) is 0 Å². The summed E-state index contributed by atoms with van der Waals surface area (Å²) in [7, 11) is -2.39. The molecule has 0 aliphatic rings. The molecule has 1 aromatic carbocycles. The van der Waals surface area contributed by atoms with E-state index in [1.165, 1.54) is 19.2 Å². The fourth-order valence-corrected chi connectivity index (χ4v) is 2.22. The van der Waals surface area contributed by atoms with Gasteiger partial charge in [-0.25, -0.2) is 23.5 Å². The first-order valence-electron chi connectivity index (χ1n) is 5.06. The third kappa shape index (κ3) is 4.19. The van der Waals surface area contributed by atoms with E-state index in [4.69, 9.17) is 5.73 Å². The van der Waals surface area contributed by atoms with Gasteiger partial charge in [0.15, 0.2) is 5.03 Å². The summed E-state index contributed by atoms with van der Waals surface area (Å²) in [5.74, 6) is -0.472. The molecule has 0 fully saturated rings. The Labute approximate surface area is 109 Å². The maximum absolute atomic E-state index is 12.0. The van der Waals surface area contributed by atoms with Gasteiger partial charge in [-0.15, -0.1) is 0 Å². The van der Waals surface area contributed by atoms with Crippen LogP contribution in [0.25, 0.3) is 0 Å². The van der Waals surface area contributed by atoms with Gasteiger partial charge < -0.3 is 5.73 Å². The standard InChI is InChI=1S/C9H13N5O4S/c1-13(7-11-9(10)12-14(15)16)19(17,18)8-5-3-2-4-6-8/h2-6H,7H2,1H3,(H3,10,11,12). The molecule has 0 atom stereocenters. The molecule has 10 heteroatoms. The Morgan fingerprint density at radius 1 is 1.47 bits per heavy atom. The molecule has 1 aromatic rings. The predicted molar refractivity (Wildman–Crippen MR) is 68.0 cm³/mol. The lowest BCUT2D eigenvalue weighted by Gasteiger charge is -2.14.